The minimum absolute atomic E-state index is 0.656. The summed E-state index contributed by atoms with van der Waals surface area (Å²) in [7, 11) is 1.67. The van der Waals surface area contributed by atoms with Gasteiger partial charge < -0.3 is 10.1 Å². The van der Waals surface area contributed by atoms with Gasteiger partial charge in [-0.05, 0) is 38.1 Å². The fourth-order valence-electron chi connectivity index (χ4n) is 2.25. The van der Waals surface area contributed by atoms with Crippen LogP contribution in [-0.4, -0.2) is 23.4 Å². The Morgan fingerprint density at radius 1 is 1.33 bits per heavy atom. The molecule has 0 saturated carbocycles. The molecule has 0 spiro atoms. The third-order valence-corrected chi connectivity index (χ3v) is 3.74. The van der Waals surface area contributed by atoms with E-state index < -0.39 is 0 Å². The van der Waals surface area contributed by atoms with Crippen LogP contribution in [0.15, 0.2) is 24.4 Å². The molecule has 2 aromatic rings. The molecule has 1 N–H and O–H groups in total. The molecule has 21 heavy (non-hydrogen) atoms. The Hall–Kier alpha value is -1.52. The number of aromatic nitrogens is 2. The van der Waals surface area contributed by atoms with Crippen LogP contribution < -0.4 is 10.1 Å². The number of halogens is 1. The van der Waals surface area contributed by atoms with Gasteiger partial charge in [-0.3, -0.25) is 4.68 Å². The number of nitrogens with one attached hydrogen (secondary N) is 1. The molecule has 0 radical (unpaired) electrons. The van der Waals surface area contributed by atoms with E-state index in [-0.39, 0.29) is 0 Å². The molecule has 0 amide bonds. The van der Waals surface area contributed by atoms with Crippen molar-refractivity contribution in [2.75, 3.05) is 13.7 Å². The van der Waals surface area contributed by atoms with E-state index in [1.54, 1.807) is 7.11 Å². The summed E-state index contributed by atoms with van der Waals surface area (Å²) in [4.78, 5) is 0. The molecule has 1 aromatic carbocycles. The lowest BCUT2D eigenvalue weighted by molar-refractivity contribution is 0.407. The molecular formula is C16H22ClN3O. The summed E-state index contributed by atoms with van der Waals surface area (Å²) in [5.41, 5.74) is 3.43. The molecule has 0 aliphatic carbocycles. The smallest absolute Gasteiger partial charge is 0.124 e. The van der Waals surface area contributed by atoms with Crippen LogP contribution in [0.5, 0.6) is 5.75 Å². The lowest BCUT2D eigenvalue weighted by atomic mass is 10.2. The van der Waals surface area contributed by atoms with Gasteiger partial charge in [-0.1, -0.05) is 18.5 Å². The second-order valence-corrected chi connectivity index (χ2v) is 5.48. The average molecular weight is 308 g/mol. The maximum absolute atomic E-state index is 6.07. The van der Waals surface area contributed by atoms with Crippen LogP contribution >= 0.6 is 11.6 Å². The Kier molecular flexibility index (Phi) is 5.65. The van der Waals surface area contributed by atoms with Crippen molar-refractivity contribution in [3.05, 3.63) is 46.2 Å². The molecule has 0 unspecified atom stereocenters. The molecule has 0 saturated heterocycles. The van der Waals surface area contributed by atoms with Crippen molar-refractivity contribution < 1.29 is 4.74 Å². The van der Waals surface area contributed by atoms with Crippen LogP contribution in [0.4, 0.5) is 0 Å². The predicted molar refractivity (Wildman–Crippen MR) is 86.1 cm³/mol. The molecule has 1 heterocycles. The van der Waals surface area contributed by atoms with Crippen LogP contribution in [0, 0.1) is 6.92 Å². The highest BCUT2D eigenvalue weighted by atomic mass is 35.5. The molecule has 0 bridgehead atoms. The zero-order valence-corrected chi connectivity index (χ0v) is 13.6. The first-order valence-corrected chi connectivity index (χ1v) is 7.58. The van der Waals surface area contributed by atoms with E-state index in [2.05, 4.69) is 24.3 Å². The van der Waals surface area contributed by atoms with Crippen molar-refractivity contribution in [3.8, 4) is 5.75 Å². The lowest BCUT2D eigenvalue weighted by Crippen LogP contribution is -2.14. The van der Waals surface area contributed by atoms with Gasteiger partial charge in [0.15, 0.2) is 0 Å². The maximum Gasteiger partial charge on any atom is 0.124 e. The standard InChI is InChI=1S/C16H22ClN3O/c1-4-7-18-9-14-10-19-20(12(14)2)11-13-8-15(17)5-6-16(13)21-3/h5-6,8,10,18H,4,7,9,11H2,1-3H3. The number of rotatable bonds is 7. The Labute approximate surface area is 131 Å². The van der Waals surface area contributed by atoms with Crippen molar-refractivity contribution in [2.24, 2.45) is 0 Å². The summed E-state index contributed by atoms with van der Waals surface area (Å²) >= 11 is 6.07. The molecule has 0 fully saturated rings. The maximum atomic E-state index is 6.07. The molecule has 0 aliphatic rings. The van der Waals surface area contributed by atoms with Crippen LogP contribution in [0.2, 0.25) is 5.02 Å². The first-order chi connectivity index (χ1) is 10.2. The Balaban J connectivity index is 2.15. The highest BCUT2D eigenvalue weighted by molar-refractivity contribution is 6.30. The number of nitrogens with zero attached hydrogens (tertiary/aromatic N) is 2. The minimum Gasteiger partial charge on any atom is -0.496 e. The molecule has 0 aliphatic heterocycles. The molecule has 0 atom stereocenters. The Bertz CT molecular complexity index is 595. The Morgan fingerprint density at radius 3 is 2.86 bits per heavy atom. The van der Waals surface area contributed by atoms with Crippen LogP contribution in [0.1, 0.15) is 30.2 Å². The summed E-state index contributed by atoms with van der Waals surface area (Å²) < 4.78 is 7.37. The second-order valence-electron chi connectivity index (χ2n) is 5.05. The molecule has 5 heteroatoms. The first kappa shape index (κ1) is 15.9. The molecule has 1 aromatic heterocycles. The van der Waals surface area contributed by atoms with Gasteiger partial charge in [0.1, 0.15) is 5.75 Å². The van der Waals surface area contributed by atoms with E-state index in [9.17, 15) is 0 Å². The topological polar surface area (TPSA) is 39.1 Å². The fraction of sp³-hybridized carbons (Fsp3) is 0.438. The summed E-state index contributed by atoms with van der Waals surface area (Å²) in [6.45, 7) is 6.78. The van der Waals surface area contributed by atoms with E-state index in [1.165, 1.54) is 11.3 Å². The zero-order valence-electron chi connectivity index (χ0n) is 12.8. The van der Waals surface area contributed by atoms with Gasteiger partial charge in [-0.2, -0.15) is 5.10 Å². The van der Waals surface area contributed by atoms with Gasteiger partial charge >= 0.3 is 0 Å². The van der Waals surface area contributed by atoms with Gasteiger partial charge in [0.2, 0.25) is 0 Å². The van der Waals surface area contributed by atoms with Crippen molar-refractivity contribution in [2.45, 2.75) is 33.4 Å². The normalized spacial score (nSPS) is 10.9. The first-order valence-electron chi connectivity index (χ1n) is 7.20. The molecule has 114 valence electrons. The highest BCUT2D eigenvalue weighted by Crippen LogP contribution is 2.24. The van der Waals surface area contributed by atoms with Gasteiger partial charge in [-0.15, -0.1) is 0 Å². The third-order valence-electron chi connectivity index (χ3n) is 3.51. The van der Waals surface area contributed by atoms with Crippen molar-refractivity contribution >= 4 is 11.6 Å². The summed E-state index contributed by atoms with van der Waals surface area (Å²) in [5.74, 6) is 0.833. The molecule has 4 nitrogen and oxygen atoms in total. The van der Waals surface area contributed by atoms with Crippen molar-refractivity contribution in [1.82, 2.24) is 15.1 Å². The second kappa shape index (κ2) is 7.48. The highest BCUT2D eigenvalue weighted by Gasteiger charge is 2.10. The van der Waals surface area contributed by atoms with Crippen LogP contribution in [0.25, 0.3) is 0 Å². The SMILES string of the molecule is CCCNCc1cnn(Cc2cc(Cl)ccc2OC)c1C. The third kappa shape index (κ3) is 3.99. The number of hydrogen-bond donors (Lipinski definition) is 1. The summed E-state index contributed by atoms with van der Waals surface area (Å²) in [5, 5.41) is 8.58. The zero-order chi connectivity index (χ0) is 15.2. The fourth-order valence-corrected chi connectivity index (χ4v) is 2.44. The van der Waals surface area contributed by atoms with Crippen molar-refractivity contribution in [3.63, 3.8) is 0 Å². The summed E-state index contributed by atoms with van der Waals surface area (Å²) in [6.07, 6.45) is 3.06. The van der Waals surface area contributed by atoms with Crippen LogP contribution in [0.3, 0.4) is 0 Å². The van der Waals surface area contributed by atoms with Gasteiger partial charge in [0.25, 0.3) is 0 Å². The average Bonchev–Trinajstić information content (AvgIpc) is 2.81. The van der Waals surface area contributed by atoms with Crippen molar-refractivity contribution in [1.29, 1.82) is 0 Å². The minimum atomic E-state index is 0.656. The number of benzene rings is 1. The summed E-state index contributed by atoms with van der Waals surface area (Å²) in [6, 6.07) is 5.65. The van der Waals surface area contributed by atoms with Gasteiger partial charge in [-0.25, -0.2) is 0 Å². The molecular weight excluding hydrogens is 286 g/mol. The monoisotopic (exact) mass is 307 g/mol. The van der Waals surface area contributed by atoms with Gasteiger partial charge in [0, 0.05) is 28.4 Å². The predicted octanol–water partition coefficient (Wildman–Crippen LogP) is 3.40. The number of hydrogen-bond acceptors (Lipinski definition) is 3. The Morgan fingerprint density at radius 2 is 2.14 bits per heavy atom. The van der Waals surface area contributed by atoms with Gasteiger partial charge in [0.05, 0.1) is 19.9 Å². The van der Waals surface area contributed by atoms with E-state index >= 15 is 0 Å². The number of ether oxygens (including phenoxy) is 1. The quantitative estimate of drug-likeness (QED) is 0.797. The lowest BCUT2D eigenvalue weighted by Gasteiger charge is -2.11. The molecule has 2 rings (SSSR count). The largest absolute Gasteiger partial charge is 0.496 e. The number of methoxy groups -OCH3 is 1. The van der Waals surface area contributed by atoms with E-state index in [1.807, 2.05) is 29.1 Å². The van der Waals surface area contributed by atoms with E-state index in [0.717, 1.165) is 30.8 Å². The van der Waals surface area contributed by atoms with Crippen LogP contribution in [-0.2, 0) is 13.1 Å². The van der Waals surface area contributed by atoms with E-state index in [0.29, 0.717) is 11.6 Å². The van der Waals surface area contributed by atoms with E-state index in [4.69, 9.17) is 16.3 Å².